The molecule has 2 rings (SSSR count). The van der Waals surface area contributed by atoms with Gasteiger partial charge in [0.25, 0.3) is 0 Å². The number of nitrogens with one attached hydrogen (secondary N) is 1. The number of piperidine rings is 1. The predicted octanol–water partition coefficient (Wildman–Crippen LogP) is 2.49. The Morgan fingerprint density at radius 2 is 2.00 bits per heavy atom. The van der Waals surface area contributed by atoms with Gasteiger partial charge in [0.1, 0.15) is 5.75 Å². The number of hydrogen-bond donors (Lipinski definition) is 1. The summed E-state index contributed by atoms with van der Waals surface area (Å²) in [6.07, 6.45) is 2.08. The van der Waals surface area contributed by atoms with Crippen LogP contribution in [0.3, 0.4) is 0 Å². The quantitative estimate of drug-likeness (QED) is 0.834. The third kappa shape index (κ3) is 2.56. The Morgan fingerprint density at radius 1 is 1.33 bits per heavy atom. The van der Waals surface area contributed by atoms with E-state index in [1.54, 1.807) is 7.11 Å². The summed E-state index contributed by atoms with van der Waals surface area (Å²) in [6.45, 7) is 5.81. The van der Waals surface area contributed by atoms with Gasteiger partial charge in [0.05, 0.1) is 7.11 Å². The van der Waals surface area contributed by atoms with Crippen molar-refractivity contribution in [2.24, 2.45) is 5.92 Å². The first-order valence-electron chi connectivity index (χ1n) is 6.53. The molecule has 0 spiro atoms. The molecule has 3 nitrogen and oxygen atoms in total. The van der Waals surface area contributed by atoms with Crippen LogP contribution in [0.4, 0.5) is 0 Å². The predicted molar refractivity (Wildman–Crippen MR) is 72.4 cm³/mol. The van der Waals surface area contributed by atoms with E-state index >= 15 is 0 Å². The lowest BCUT2D eigenvalue weighted by Gasteiger charge is -2.23. The van der Waals surface area contributed by atoms with Gasteiger partial charge in [0.2, 0.25) is 0 Å². The van der Waals surface area contributed by atoms with Crippen LogP contribution in [-0.2, 0) is 0 Å². The minimum Gasteiger partial charge on any atom is -0.497 e. The summed E-state index contributed by atoms with van der Waals surface area (Å²) in [5.74, 6) is 1.23. The molecule has 0 aliphatic carbocycles. The van der Waals surface area contributed by atoms with Crippen molar-refractivity contribution in [2.75, 3.05) is 20.2 Å². The van der Waals surface area contributed by atoms with Crippen molar-refractivity contribution in [3.63, 3.8) is 0 Å². The van der Waals surface area contributed by atoms with Crippen molar-refractivity contribution in [1.82, 2.24) is 5.32 Å². The first-order valence-corrected chi connectivity index (χ1v) is 6.53. The standard InChI is InChI=1S/C15H21NO2/c1-10-7-13(18-3)8-11(2)14(10)15(17)12-5-4-6-16-9-12/h7-8,12,16H,4-6,9H2,1-3H3. The van der Waals surface area contributed by atoms with E-state index in [0.717, 1.165) is 48.4 Å². The minimum absolute atomic E-state index is 0.129. The van der Waals surface area contributed by atoms with Crippen LogP contribution >= 0.6 is 0 Å². The summed E-state index contributed by atoms with van der Waals surface area (Å²) >= 11 is 0. The lowest BCUT2D eigenvalue weighted by atomic mass is 9.87. The summed E-state index contributed by atoms with van der Waals surface area (Å²) in [5.41, 5.74) is 2.91. The van der Waals surface area contributed by atoms with Crippen molar-refractivity contribution in [3.8, 4) is 5.75 Å². The molecule has 1 heterocycles. The SMILES string of the molecule is COc1cc(C)c(C(=O)C2CCCNC2)c(C)c1. The smallest absolute Gasteiger partial charge is 0.167 e. The fourth-order valence-corrected chi connectivity index (χ4v) is 2.71. The minimum atomic E-state index is 0.129. The molecule has 1 saturated heterocycles. The average molecular weight is 247 g/mol. The third-order valence-corrected chi connectivity index (χ3v) is 3.66. The molecule has 1 unspecified atom stereocenters. The van der Waals surface area contributed by atoms with Gasteiger partial charge in [-0.2, -0.15) is 0 Å². The maximum absolute atomic E-state index is 12.6. The zero-order valence-corrected chi connectivity index (χ0v) is 11.4. The number of ether oxygens (including phenoxy) is 1. The largest absolute Gasteiger partial charge is 0.497 e. The number of methoxy groups -OCH3 is 1. The molecule has 1 aromatic rings. The molecule has 1 aliphatic heterocycles. The number of ketones is 1. The summed E-state index contributed by atoms with van der Waals surface area (Å²) in [7, 11) is 1.65. The fraction of sp³-hybridized carbons (Fsp3) is 0.533. The highest BCUT2D eigenvalue weighted by atomic mass is 16.5. The Balaban J connectivity index is 2.29. The van der Waals surface area contributed by atoms with E-state index < -0.39 is 0 Å². The molecule has 0 amide bonds. The number of hydrogen-bond acceptors (Lipinski definition) is 3. The van der Waals surface area contributed by atoms with Gasteiger partial charge in [-0.05, 0) is 56.5 Å². The van der Waals surface area contributed by atoms with Crippen molar-refractivity contribution >= 4 is 5.78 Å². The van der Waals surface area contributed by atoms with Gasteiger partial charge in [0.15, 0.2) is 5.78 Å². The van der Waals surface area contributed by atoms with Crippen LogP contribution in [0.15, 0.2) is 12.1 Å². The zero-order chi connectivity index (χ0) is 13.1. The van der Waals surface area contributed by atoms with Gasteiger partial charge < -0.3 is 10.1 Å². The molecule has 0 radical (unpaired) electrons. The number of rotatable bonds is 3. The normalized spacial score (nSPS) is 19.6. The van der Waals surface area contributed by atoms with Gasteiger partial charge in [-0.15, -0.1) is 0 Å². The highest BCUT2D eigenvalue weighted by molar-refractivity contribution is 6.00. The van der Waals surface area contributed by atoms with Crippen LogP contribution in [0.5, 0.6) is 5.75 Å². The van der Waals surface area contributed by atoms with E-state index in [-0.39, 0.29) is 11.7 Å². The fourth-order valence-electron chi connectivity index (χ4n) is 2.71. The molecule has 1 atom stereocenters. The molecule has 98 valence electrons. The van der Waals surface area contributed by atoms with Crippen molar-refractivity contribution in [1.29, 1.82) is 0 Å². The van der Waals surface area contributed by atoms with Crippen LogP contribution in [0.25, 0.3) is 0 Å². The molecular weight excluding hydrogens is 226 g/mol. The maximum Gasteiger partial charge on any atom is 0.167 e. The van der Waals surface area contributed by atoms with Gasteiger partial charge >= 0.3 is 0 Å². The van der Waals surface area contributed by atoms with Crippen LogP contribution in [0.1, 0.15) is 34.3 Å². The number of carbonyl (C=O) groups is 1. The van der Waals surface area contributed by atoms with Gasteiger partial charge in [0, 0.05) is 18.0 Å². The first-order chi connectivity index (χ1) is 8.63. The molecule has 1 aromatic carbocycles. The Morgan fingerprint density at radius 3 is 2.50 bits per heavy atom. The molecule has 1 N–H and O–H groups in total. The van der Waals surface area contributed by atoms with Crippen LogP contribution < -0.4 is 10.1 Å². The van der Waals surface area contributed by atoms with Crippen LogP contribution in [-0.4, -0.2) is 26.0 Å². The summed E-state index contributed by atoms with van der Waals surface area (Å²) in [6, 6.07) is 3.88. The number of Topliss-reactive ketones (excluding diaryl/α,β-unsaturated/α-hetero) is 1. The van der Waals surface area contributed by atoms with Gasteiger partial charge in [-0.1, -0.05) is 0 Å². The van der Waals surface area contributed by atoms with Crippen molar-refractivity contribution in [3.05, 3.63) is 28.8 Å². The average Bonchev–Trinajstić information content (AvgIpc) is 2.38. The second-order valence-electron chi connectivity index (χ2n) is 5.04. The molecule has 0 aromatic heterocycles. The van der Waals surface area contributed by atoms with E-state index in [1.807, 2.05) is 26.0 Å². The van der Waals surface area contributed by atoms with Crippen molar-refractivity contribution in [2.45, 2.75) is 26.7 Å². The first kappa shape index (κ1) is 13.1. The van der Waals surface area contributed by atoms with Crippen LogP contribution in [0, 0.1) is 19.8 Å². The Kier molecular flexibility index (Phi) is 4.02. The molecule has 18 heavy (non-hydrogen) atoms. The summed E-state index contributed by atoms with van der Waals surface area (Å²) < 4.78 is 5.23. The lowest BCUT2D eigenvalue weighted by molar-refractivity contribution is 0.0898. The topological polar surface area (TPSA) is 38.3 Å². The summed E-state index contributed by atoms with van der Waals surface area (Å²) in [4.78, 5) is 12.6. The highest BCUT2D eigenvalue weighted by Gasteiger charge is 2.24. The maximum atomic E-state index is 12.6. The van der Waals surface area contributed by atoms with E-state index in [1.165, 1.54) is 0 Å². The molecule has 0 bridgehead atoms. The van der Waals surface area contributed by atoms with E-state index in [2.05, 4.69) is 5.32 Å². The molecule has 1 fully saturated rings. The van der Waals surface area contributed by atoms with E-state index in [4.69, 9.17) is 4.74 Å². The van der Waals surface area contributed by atoms with Gasteiger partial charge in [-0.3, -0.25) is 4.79 Å². The number of carbonyl (C=O) groups excluding carboxylic acids is 1. The molecule has 3 heteroatoms. The Labute approximate surface area is 109 Å². The van der Waals surface area contributed by atoms with E-state index in [9.17, 15) is 4.79 Å². The molecule has 0 saturated carbocycles. The highest BCUT2D eigenvalue weighted by Crippen LogP contribution is 2.26. The Hall–Kier alpha value is -1.35. The monoisotopic (exact) mass is 247 g/mol. The van der Waals surface area contributed by atoms with E-state index in [0.29, 0.717) is 0 Å². The van der Waals surface area contributed by atoms with Gasteiger partial charge in [-0.25, -0.2) is 0 Å². The summed E-state index contributed by atoms with van der Waals surface area (Å²) in [5, 5.41) is 3.30. The molecule has 1 aliphatic rings. The van der Waals surface area contributed by atoms with Crippen LogP contribution in [0.2, 0.25) is 0 Å². The van der Waals surface area contributed by atoms with Crippen molar-refractivity contribution < 1.29 is 9.53 Å². The molecular formula is C15H21NO2. The lowest BCUT2D eigenvalue weighted by Crippen LogP contribution is -2.34. The second-order valence-corrected chi connectivity index (χ2v) is 5.04. The zero-order valence-electron chi connectivity index (χ0n) is 11.4. The number of aryl methyl sites for hydroxylation is 2. The second kappa shape index (κ2) is 5.53. The number of benzene rings is 1. The third-order valence-electron chi connectivity index (χ3n) is 3.66. The Bertz CT molecular complexity index is 425.